The van der Waals surface area contributed by atoms with Crippen molar-refractivity contribution in [3.8, 4) is 22.6 Å². The number of benzene rings is 3. The number of amides is 1. The van der Waals surface area contributed by atoms with Gasteiger partial charge in [-0.25, -0.2) is 4.79 Å². The Morgan fingerprint density at radius 2 is 1.42 bits per heavy atom. The minimum Gasteiger partial charge on any atom is -0.490 e. The Labute approximate surface area is 190 Å². The van der Waals surface area contributed by atoms with E-state index in [9.17, 15) is 9.59 Å². The predicted molar refractivity (Wildman–Crippen MR) is 124 cm³/mol. The van der Waals surface area contributed by atoms with Crippen LogP contribution in [0.2, 0.25) is 0 Å². The van der Waals surface area contributed by atoms with E-state index < -0.39 is 5.91 Å². The summed E-state index contributed by atoms with van der Waals surface area (Å²) in [5.41, 5.74) is 8.20. The van der Waals surface area contributed by atoms with Crippen LogP contribution in [0.25, 0.3) is 21.9 Å². The average molecular weight is 442 g/mol. The molecule has 0 fully saturated rings. The van der Waals surface area contributed by atoms with Gasteiger partial charge in [0.25, 0.3) is 0 Å². The highest BCUT2D eigenvalue weighted by Gasteiger charge is 2.09. The molecule has 4 aromatic rings. The second-order valence-electron chi connectivity index (χ2n) is 7.22. The molecule has 0 aliphatic carbocycles. The monoisotopic (exact) mass is 442 g/mol. The van der Waals surface area contributed by atoms with Gasteiger partial charge in [0, 0.05) is 28.9 Å². The highest BCUT2D eigenvalue weighted by atomic mass is 16.5. The molecular formula is C26H22N2O5. The van der Waals surface area contributed by atoms with Crippen LogP contribution in [0.15, 0.2) is 79.1 Å². The summed E-state index contributed by atoms with van der Waals surface area (Å²) in [5, 5.41) is 1.83. The third kappa shape index (κ3) is 5.10. The molecule has 1 heterocycles. The van der Waals surface area contributed by atoms with Gasteiger partial charge in [-0.3, -0.25) is 9.78 Å². The Bertz CT molecular complexity index is 1280. The molecule has 0 atom stereocenters. The maximum atomic E-state index is 11.6. The van der Waals surface area contributed by atoms with Crippen molar-refractivity contribution >= 4 is 22.6 Å². The summed E-state index contributed by atoms with van der Waals surface area (Å²) in [6, 6.07) is 19.7. The topological polar surface area (TPSA) is 101 Å². The fraction of sp³-hybridized carbons (Fsp3) is 0.115. The number of fused-ring (bicyclic) bond motifs is 1. The summed E-state index contributed by atoms with van der Waals surface area (Å²) in [7, 11) is 1.34. The number of hydrogen-bond acceptors (Lipinski definition) is 6. The van der Waals surface area contributed by atoms with Gasteiger partial charge in [-0.2, -0.15) is 0 Å². The van der Waals surface area contributed by atoms with E-state index in [0.717, 1.165) is 21.9 Å². The SMILES string of the molecule is COC(=O)c1ccc(OCCOc2ccc(-c3cncc4ccc(C(N)=O)cc34)cc2)cc1. The molecule has 0 aliphatic heterocycles. The predicted octanol–water partition coefficient (Wildman–Crippen LogP) is 4.25. The zero-order valence-corrected chi connectivity index (χ0v) is 18.0. The summed E-state index contributed by atoms with van der Waals surface area (Å²) < 4.78 is 16.1. The molecule has 0 aliphatic rings. The number of primary amides is 1. The minimum atomic E-state index is -0.468. The van der Waals surface area contributed by atoms with Gasteiger partial charge in [-0.05, 0) is 59.5 Å². The van der Waals surface area contributed by atoms with Gasteiger partial charge < -0.3 is 19.9 Å². The van der Waals surface area contributed by atoms with Crippen molar-refractivity contribution in [1.82, 2.24) is 4.98 Å². The fourth-order valence-corrected chi connectivity index (χ4v) is 3.40. The van der Waals surface area contributed by atoms with Gasteiger partial charge in [0.15, 0.2) is 0 Å². The van der Waals surface area contributed by atoms with E-state index in [1.807, 2.05) is 30.3 Å². The first kappa shape index (κ1) is 21.8. The van der Waals surface area contributed by atoms with Crippen molar-refractivity contribution in [3.63, 3.8) is 0 Å². The molecule has 0 saturated carbocycles. The molecule has 1 amide bonds. The molecule has 0 spiro atoms. The van der Waals surface area contributed by atoms with Crippen LogP contribution in [0.5, 0.6) is 11.5 Å². The Kier molecular flexibility index (Phi) is 6.50. The number of pyridine rings is 1. The van der Waals surface area contributed by atoms with E-state index in [2.05, 4.69) is 9.72 Å². The van der Waals surface area contributed by atoms with Crippen molar-refractivity contribution in [2.45, 2.75) is 0 Å². The Hall–Kier alpha value is -4.39. The summed E-state index contributed by atoms with van der Waals surface area (Å²) in [4.78, 5) is 27.3. The van der Waals surface area contributed by atoms with Crippen LogP contribution in [-0.4, -0.2) is 37.2 Å². The first-order valence-electron chi connectivity index (χ1n) is 10.3. The lowest BCUT2D eigenvalue weighted by atomic mass is 9.99. The van der Waals surface area contributed by atoms with Gasteiger partial charge >= 0.3 is 5.97 Å². The molecule has 7 nitrogen and oxygen atoms in total. The van der Waals surface area contributed by atoms with Gasteiger partial charge in [0.2, 0.25) is 5.91 Å². The number of hydrogen-bond donors (Lipinski definition) is 1. The van der Waals surface area contributed by atoms with Crippen LogP contribution in [0.1, 0.15) is 20.7 Å². The molecule has 166 valence electrons. The Morgan fingerprint density at radius 3 is 2.03 bits per heavy atom. The number of aromatic nitrogens is 1. The molecule has 3 aromatic carbocycles. The summed E-state index contributed by atoms with van der Waals surface area (Å²) in [6.07, 6.45) is 3.52. The molecule has 0 saturated heterocycles. The number of ether oxygens (including phenoxy) is 3. The zero-order chi connectivity index (χ0) is 23.2. The first-order valence-corrected chi connectivity index (χ1v) is 10.3. The lowest BCUT2D eigenvalue weighted by Crippen LogP contribution is -2.10. The van der Waals surface area contributed by atoms with Crippen molar-refractivity contribution in [3.05, 3.63) is 90.3 Å². The molecule has 0 bridgehead atoms. The van der Waals surface area contributed by atoms with E-state index in [4.69, 9.17) is 15.2 Å². The molecule has 0 radical (unpaired) electrons. The molecule has 4 rings (SSSR count). The second-order valence-corrected chi connectivity index (χ2v) is 7.22. The van der Waals surface area contributed by atoms with Crippen LogP contribution < -0.4 is 15.2 Å². The third-order valence-electron chi connectivity index (χ3n) is 5.11. The largest absolute Gasteiger partial charge is 0.490 e. The molecule has 0 unspecified atom stereocenters. The van der Waals surface area contributed by atoms with Crippen molar-refractivity contribution in [2.24, 2.45) is 5.73 Å². The first-order chi connectivity index (χ1) is 16.0. The second kappa shape index (κ2) is 9.82. The normalized spacial score (nSPS) is 10.6. The van der Waals surface area contributed by atoms with E-state index in [1.54, 1.807) is 48.8 Å². The highest BCUT2D eigenvalue weighted by Crippen LogP contribution is 2.29. The lowest BCUT2D eigenvalue weighted by Gasteiger charge is -2.10. The van der Waals surface area contributed by atoms with Crippen LogP contribution in [-0.2, 0) is 4.74 Å². The van der Waals surface area contributed by atoms with Crippen molar-refractivity contribution in [1.29, 1.82) is 0 Å². The summed E-state index contributed by atoms with van der Waals surface area (Å²) >= 11 is 0. The Balaban J connectivity index is 1.37. The molecule has 2 N–H and O–H groups in total. The molecule has 1 aromatic heterocycles. The molecule has 33 heavy (non-hydrogen) atoms. The standard InChI is InChI=1S/C26H22N2O5/c1-31-26(30)18-6-10-22(11-7-18)33-13-12-32-21-8-4-17(5-9-21)24-16-28-15-20-3-2-19(25(27)29)14-23(20)24/h2-11,14-16H,12-13H2,1H3,(H2,27,29). The van der Waals surface area contributed by atoms with E-state index >= 15 is 0 Å². The van der Waals surface area contributed by atoms with E-state index in [1.165, 1.54) is 7.11 Å². The fourth-order valence-electron chi connectivity index (χ4n) is 3.40. The number of nitrogens with zero attached hydrogens (tertiary/aromatic N) is 1. The third-order valence-corrected chi connectivity index (χ3v) is 5.11. The van der Waals surface area contributed by atoms with Crippen LogP contribution in [0, 0.1) is 0 Å². The van der Waals surface area contributed by atoms with Gasteiger partial charge in [0.05, 0.1) is 12.7 Å². The van der Waals surface area contributed by atoms with Crippen LogP contribution >= 0.6 is 0 Å². The van der Waals surface area contributed by atoms with Gasteiger partial charge in [-0.15, -0.1) is 0 Å². The number of carbonyl (C=O) groups is 2. The van der Waals surface area contributed by atoms with Gasteiger partial charge in [-0.1, -0.05) is 18.2 Å². The van der Waals surface area contributed by atoms with Crippen LogP contribution in [0.3, 0.4) is 0 Å². The number of rotatable bonds is 8. The van der Waals surface area contributed by atoms with Gasteiger partial charge in [0.1, 0.15) is 24.7 Å². The zero-order valence-electron chi connectivity index (χ0n) is 18.0. The van der Waals surface area contributed by atoms with Crippen molar-refractivity contribution in [2.75, 3.05) is 20.3 Å². The summed E-state index contributed by atoms with van der Waals surface area (Å²) in [6.45, 7) is 0.707. The minimum absolute atomic E-state index is 0.350. The Morgan fingerprint density at radius 1 is 0.818 bits per heavy atom. The number of carbonyl (C=O) groups excluding carboxylic acids is 2. The molecule has 7 heteroatoms. The highest BCUT2D eigenvalue weighted by molar-refractivity contribution is 6.02. The average Bonchev–Trinajstić information content (AvgIpc) is 2.86. The van der Waals surface area contributed by atoms with E-state index in [0.29, 0.717) is 35.8 Å². The molecular weight excluding hydrogens is 420 g/mol. The number of esters is 1. The number of nitrogens with two attached hydrogens (primary N) is 1. The van der Waals surface area contributed by atoms with E-state index in [-0.39, 0.29) is 5.97 Å². The maximum Gasteiger partial charge on any atom is 0.337 e. The summed E-state index contributed by atoms with van der Waals surface area (Å²) in [5.74, 6) is 0.487. The maximum absolute atomic E-state index is 11.6. The van der Waals surface area contributed by atoms with Crippen molar-refractivity contribution < 1.29 is 23.8 Å². The smallest absolute Gasteiger partial charge is 0.337 e. The lowest BCUT2D eigenvalue weighted by molar-refractivity contribution is 0.0600. The van der Waals surface area contributed by atoms with Crippen LogP contribution in [0.4, 0.5) is 0 Å². The number of methoxy groups -OCH3 is 1. The quantitative estimate of drug-likeness (QED) is 0.323.